The smallest absolute Gasteiger partial charge is 0.133 e. The maximum absolute atomic E-state index is 6.10. The predicted molar refractivity (Wildman–Crippen MR) is 105 cm³/mol. The molecule has 1 aliphatic heterocycles. The van der Waals surface area contributed by atoms with Gasteiger partial charge in [-0.3, -0.25) is 0 Å². The quantitative estimate of drug-likeness (QED) is 0.757. The Morgan fingerprint density at radius 1 is 0.846 bits per heavy atom. The van der Waals surface area contributed by atoms with E-state index in [9.17, 15) is 0 Å². The zero-order valence-corrected chi connectivity index (χ0v) is 14.4. The molecule has 3 aromatic rings. The first kappa shape index (κ1) is 16.4. The number of aromatic nitrogens is 2. The minimum atomic E-state index is 0.417. The molecule has 1 aliphatic rings. The summed E-state index contributed by atoms with van der Waals surface area (Å²) in [4.78, 5) is 11.1. The molecule has 1 aromatic carbocycles. The average molecular weight is 347 g/mol. The molecule has 26 heavy (non-hydrogen) atoms. The largest absolute Gasteiger partial charge is 0.384 e. The van der Waals surface area contributed by atoms with Crippen molar-refractivity contribution < 1.29 is 4.74 Å². The van der Waals surface area contributed by atoms with Crippen LogP contribution in [-0.4, -0.2) is 36.3 Å². The number of anilines is 3. The SMILES string of the molecule is Nc1ccc(-c2ccccc2-c2ccc(N3CCOCC3)nc2)c(N)n1. The first-order chi connectivity index (χ1) is 12.7. The van der Waals surface area contributed by atoms with Crippen molar-refractivity contribution in [3.05, 3.63) is 54.7 Å². The molecular weight excluding hydrogens is 326 g/mol. The molecule has 0 atom stereocenters. The standard InChI is InChI=1S/C20H21N5O/c21-18-7-6-17(20(22)24-18)16-4-2-1-3-15(16)14-5-8-19(23-13-14)25-9-11-26-12-10-25/h1-8,13H,9-12H2,(H4,21,22,24). The molecule has 0 radical (unpaired) electrons. The van der Waals surface area contributed by atoms with Gasteiger partial charge < -0.3 is 21.1 Å². The number of hydrogen-bond donors (Lipinski definition) is 2. The van der Waals surface area contributed by atoms with Crippen LogP contribution in [-0.2, 0) is 4.74 Å². The van der Waals surface area contributed by atoms with Crippen molar-refractivity contribution in [2.24, 2.45) is 0 Å². The van der Waals surface area contributed by atoms with E-state index in [2.05, 4.69) is 33.1 Å². The summed E-state index contributed by atoms with van der Waals surface area (Å²) < 4.78 is 5.40. The first-order valence-electron chi connectivity index (χ1n) is 8.63. The number of morpholine rings is 1. The third-order valence-electron chi connectivity index (χ3n) is 4.56. The predicted octanol–water partition coefficient (Wildman–Crippen LogP) is 2.81. The van der Waals surface area contributed by atoms with Gasteiger partial charge in [0.05, 0.1) is 13.2 Å². The van der Waals surface area contributed by atoms with Crippen molar-refractivity contribution >= 4 is 17.5 Å². The normalized spacial score (nSPS) is 14.4. The Balaban J connectivity index is 1.70. The van der Waals surface area contributed by atoms with Crippen LogP contribution in [0.1, 0.15) is 0 Å². The van der Waals surface area contributed by atoms with Gasteiger partial charge in [-0.05, 0) is 35.4 Å². The van der Waals surface area contributed by atoms with Gasteiger partial charge in [-0.25, -0.2) is 9.97 Å². The van der Waals surface area contributed by atoms with Crippen LogP contribution >= 0.6 is 0 Å². The molecule has 132 valence electrons. The Kier molecular flexibility index (Phi) is 4.41. The summed E-state index contributed by atoms with van der Waals surface area (Å²) in [6, 6.07) is 15.9. The number of hydrogen-bond acceptors (Lipinski definition) is 6. The van der Waals surface area contributed by atoms with Crippen LogP contribution in [0, 0.1) is 0 Å². The Morgan fingerprint density at radius 2 is 1.62 bits per heavy atom. The molecule has 3 heterocycles. The first-order valence-corrected chi connectivity index (χ1v) is 8.63. The molecule has 0 aliphatic carbocycles. The fraction of sp³-hybridized carbons (Fsp3) is 0.200. The highest BCUT2D eigenvalue weighted by Gasteiger charge is 2.14. The number of nitrogens with zero attached hydrogens (tertiary/aromatic N) is 3. The molecule has 1 fully saturated rings. The Labute approximate surface area is 152 Å². The van der Waals surface area contributed by atoms with Gasteiger partial charge >= 0.3 is 0 Å². The summed E-state index contributed by atoms with van der Waals surface area (Å²) in [6.45, 7) is 3.23. The van der Waals surface area contributed by atoms with Crippen LogP contribution in [0.15, 0.2) is 54.7 Å². The van der Waals surface area contributed by atoms with Crippen LogP contribution in [0.4, 0.5) is 17.5 Å². The van der Waals surface area contributed by atoms with Gasteiger partial charge in [-0.2, -0.15) is 0 Å². The highest BCUT2D eigenvalue weighted by Crippen LogP contribution is 2.34. The van der Waals surface area contributed by atoms with E-state index >= 15 is 0 Å². The lowest BCUT2D eigenvalue weighted by Gasteiger charge is -2.27. The van der Waals surface area contributed by atoms with Gasteiger partial charge in [0, 0.05) is 30.4 Å². The number of benzene rings is 1. The van der Waals surface area contributed by atoms with Crippen molar-refractivity contribution in [2.75, 3.05) is 42.7 Å². The van der Waals surface area contributed by atoms with Gasteiger partial charge in [0.15, 0.2) is 0 Å². The van der Waals surface area contributed by atoms with Crippen molar-refractivity contribution in [1.82, 2.24) is 9.97 Å². The van der Waals surface area contributed by atoms with Crippen LogP contribution in [0.25, 0.3) is 22.3 Å². The van der Waals surface area contributed by atoms with Crippen LogP contribution in [0.5, 0.6) is 0 Å². The van der Waals surface area contributed by atoms with Crippen molar-refractivity contribution in [3.63, 3.8) is 0 Å². The van der Waals surface area contributed by atoms with Crippen molar-refractivity contribution in [2.45, 2.75) is 0 Å². The molecule has 4 rings (SSSR count). The third-order valence-corrected chi connectivity index (χ3v) is 4.56. The van der Waals surface area contributed by atoms with E-state index in [-0.39, 0.29) is 0 Å². The fourth-order valence-corrected chi connectivity index (χ4v) is 3.21. The minimum Gasteiger partial charge on any atom is -0.384 e. The van der Waals surface area contributed by atoms with E-state index in [0.717, 1.165) is 54.4 Å². The summed E-state index contributed by atoms with van der Waals surface area (Å²) in [5, 5.41) is 0. The van der Waals surface area contributed by atoms with Crippen LogP contribution < -0.4 is 16.4 Å². The van der Waals surface area contributed by atoms with E-state index in [1.807, 2.05) is 30.5 Å². The Hall–Kier alpha value is -3.12. The van der Waals surface area contributed by atoms with Crippen LogP contribution in [0.3, 0.4) is 0 Å². The molecule has 2 aromatic heterocycles. The monoisotopic (exact) mass is 347 g/mol. The summed E-state index contributed by atoms with van der Waals surface area (Å²) in [6.07, 6.45) is 1.91. The van der Waals surface area contributed by atoms with E-state index < -0.39 is 0 Å². The number of nitrogen functional groups attached to an aromatic ring is 2. The molecule has 0 amide bonds. The van der Waals surface area contributed by atoms with Gasteiger partial charge in [0.25, 0.3) is 0 Å². The summed E-state index contributed by atoms with van der Waals surface area (Å²) in [5.74, 6) is 1.82. The fourth-order valence-electron chi connectivity index (χ4n) is 3.21. The molecule has 0 spiro atoms. The minimum absolute atomic E-state index is 0.417. The maximum atomic E-state index is 6.10. The van der Waals surface area contributed by atoms with E-state index in [4.69, 9.17) is 16.2 Å². The molecule has 6 heteroatoms. The van der Waals surface area contributed by atoms with E-state index in [1.54, 1.807) is 6.07 Å². The zero-order valence-electron chi connectivity index (χ0n) is 14.4. The van der Waals surface area contributed by atoms with Gasteiger partial charge in [-0.15, -0.1) is 0 Å². The number of rotatable bonds is 3. The molecule has 0 unspecified atom stereocenters. The molecule has 1 saturated heterocycles. The van der Waals surface area contributed by atoms with Crippen molar-refractivity contribution in [1.29, 1.82) is 0 Å². The lowest BCUT2D eigenvalue weighted by Crippen LogP contribution is -2.36. The second kappa shape index (κ2) is 7.01. The summed E-state index contributed by atoms with van der Waals surface area (Å²) in [5.41, 5.74) is 15.8. The second-order valence-corrected chi connectivity index (χ2v) is 6.22. The number of pyridine rings is 2. The average Bonchev–Trinajstić information content (AvgIpc) is 2.69. The molecule has 6 nitrogen and oxygen atoms in total. The van der Waals surface area contributed by atoms with Gasteiger partial charge in [0.2, 0.25) is 0 Å². The molecule has 0 bridgehead atoms. The van der Waals surface area contributed by atoms with Gasteiger partial charge in [-0.1, -0.05) is 24.3 Å². The van der Waals surface area contributed by atoms with E-state index in [1.165, 1.54) is 0 Å². The summed E-state index contributed by atoms with van der Waals surface area (Å²) >= 11 is 0. The lowest BCUT2D eigenvalue weighted by molar-refractivity contribution is 0.122. The Morgan fingerprint density at radius 3 is 2.31 bits per heavy atom. The third kappa shape index (κ3) is 3.19. The van der Waals surface area contributed by atoms with E-state index in [0.29, 0.717) is 11.6 Å². The van der Waals surface area contributed by atoms with Gasteiger partial charge in [0.1, 0.15) is 17.5 Å². The highest BCUT2D eigenvalue weighted by molar-refractivity contribution is 5.87. The molecule has 0 saturated carbocycles. The zero-order chi connectivity index (χ0) is 17.9. The highest BCUT2D eigenvalue weighted by atomic mass is 16.5. The second-order valence-electron chi connectivity index (χ2n) is 6.22. The van der Waals surface area contributed by atoms with Crippen LogP contribution in [0.2, 0.25) is 0 Å². The molecular formula is C20H21N5O. The molecule has 4 N–H and O–H groups in total. The lowest BCUT2D eigenvalue weighted by atomic mass is 9.96. The number of ether oxygens (including phenoxy) is 1. The Bertz CT molecular complexity index is 904. The van der Waals surface area contributed by atoms with Crippen molar-refractivity contribution in [3.8, 4) is 22.3 Å². The topological polar surface area (TPSA) is 90.3 Å². The summed E-state index contributed by atoms with van der Waals surface area (Å²) in [7, 11) is 0. The maximum Gasteiger partial charge on any atom is 0.133 e. The number of nitrogens with two attached hydrogens (primary N) is 2.